The fourth-order valence-electron chi connectivity index (χ4n) is 1.07. The molecule has 0 saturated heterocycles. The Hall–Kier alpha value is -1.97. The maximum absolute atomic E-state index is 10.4. The highest BCUT2D eigenvalue weighted by atomic mass is 16.6. The summed E-state index contributed by atoms with van der Waals surface area (Å²) in [6.45, 7) is 0.418. The maximum atomic E-state index is 10.4. The number of isocyanates is 2. The number of hydrogen-bond donors (Lipinski definition) is 1. The van der Waals surface area contributed by atoms with Gasteiger partial charge in [0.15, 0.2) is 0 Å². The summed E-state index contributed by atoms with van der Waals surface area (Å²) in [5.41, 5.74) is 4.78. The van der Waals surface area contributed by atoms with Gasteiger partial charge in [0.05, 0.1) is 6.54 Å². The zero-order chi connectivity index (χ0) is 12.2. The molecule has 0 aliphatic carbocycles. The number of nitrogens with two attached hydrogens (primary N) is 1. The number of carbonyl (C=O) groups is 1. The molecule has 7 nitrogen and oxygen atoms in total. The first-order chi connectivity index (χ1) is 7.70. The normalized spacial score (nSPS) is 10.8. The van der Waals surface area contributed by atoms with Crippen LogP contribution in [-0.2, 0) is 14.3 Å². The Morgan fingerprint density at radius 3 is 2.56 bits per heavy atom. The van der Waals surface area contributed by atoms with Gasteiger partial charge in [-0.1, -0.05) is 6.42 Å². The molecule has 0 spiro atoms. The van der Waals surface area contributed by atoms with Crippen molar-refractivity contribution in [3.8, 4) is 0 Å². The zero-order valence-corrected chi connectivity index (χ0v) is 8.72. The van der Waals surface area contributed by atoms with E-state index in [0.717, 1.165) is 12.8 Å². The molecule has 88 valence electrons. The molecule has 0 aromatic rings. The first-order valence-corrected chi connectivity index (χ1v) is 4.77. The number of hydrogen-bond acceptors (Lipinski definition) is 6. The average Bonchev–Trinajstić information content (AvgIpc) is 2.22. The Kier molecular flexibility index (Phi) is 8.40. The molecular formula is C9H13N3O4. The van der Waals surface area contributed by atoms with Gasteiger partial charge in [-0.3, -0.25) is 0 Å². The van der Waals surface area contributed by atoms with Gasteiger partial charge >= 0.3 is 6.09 Å². The lowest BCUT2D eigenvalue weighted by Gasteiger charge is -2.09. The highest BCUT2D eigenvalue weighted by Gasteiger charge is 2.09. The summed E-state index contributed by atoms with van der Waals surface area (Å²) in [5, 5.41) is 0. The lowest BCUT2D eigenvalue weighted by Crippen LogP contribution is -2.21. The molecule has 0 bridgehead atoms. The Morgan fingerprint density at radius 2 is 2.00 bits per heavy atom. The fourth-order valence-corrected chi connectivity index (χ4v) is 1.07. The number of aliphatic imine (C=N–C) groups is 2. The minimum absolute atomic E-state index is 0.392. The second-order valence-electron chi connectivity index (χ2n) is 2.93. The van der Waals surface area contributed by atoms with Gasteiger partial charge in [0.2, 0.25) is 18.4 Å². The zero-order valence-electron chi connectivity index (χ0n) is 8.72. The van der Waals surface area contributed by atoms with Gasteiger partial charge in [0, 0.05) is 6.42 Å². The van der Waals surface area contributed by atoms with Crippen LogP contribution in [0.1, 0.15) is 25.7 Å². The molecule has 7 heteroatoms. The van der Waals surface area contributed by atoms with Gasteiger partial charge in [-0.05, 0) is 12.8 Å². The number of nitrogens with zero attached hydrogens (tertiary/aromatic N) is 2. The van der Waals surface area contributed by atoms with Crippen LogP contribution < -0.4 is 5.73 Å². The van der Waals surface area contributed by atoms with Crippen molar-refractivity contribution in [1.29, 1.82) is 0 Å². The number of ether oxygens (including phenoxy) is 1. The second kappa shape index (κ2) is 9.58. The summed E-state index contributed by atoms with van der Waals surface area (Å²) in [6.07, 6.45) is 3.46. The van der Waals surface area contributed by atoms with Crippen LogP contribution in [0.25, 0.3) is 0 Å². The van der Waals surface area contributed by atoms with Gasteiger partial charge in [0.25, 0.3) is 0 Å². The van der Waals surface area contributed by atoms with Crippen molar-refractivity contribution < 1.29 is 19.1 Å². The van der Waals surface area contributed by atoms with Crippen LogP contribution in [0.2, 0.25) is 0 Å². The third-order valence-corrected chi connectivity index (χ3v) is 1.73. The molecule has 0 heterocycles. The van der Waals surface area contributed by atoms with Gasteiger partial charge in [-0.15, -0.1) is 0 Å². The molecule has 0 aliphatic rings. The van der Waals surface area contributed by atoms with E-state index < -0.39 is 12.3 Å². The van der Waals surface area contributed by atoms with Crippen molar-refractivity contribution in [1.82, 2.24) is 0 Å². The predicted molar refractivity (Wildman–Crippen MR) is 54.0 cm³/mol. The summed E-state index contributed by atoms with van der Waals surface area (Å²) in [7, 11) is 0. The van der Waals surface area contributed by atoms with E-state index in [1.807, 2.05) is 0 Å². The number of primary amides is 1. The molecule has 1 amide bonds. The lowest BCUT2D eigenvalue weighted by molar-refractivity contribution is 0.104. The fraction of sp³-hybridized carbons (Fsp3) is 0.667. The molecular weight excluding hydrogens is 214 g/mol. The van der Waals surface area contributed by atoms with E-state index in [9.17, 15) is 14.4 Å². The van der Waals surface area contributed by atoms with Crippen LogP contribution in [0.5, 0.6) is 0 Å². The van der Waals surface area contributed by atoms with Crippen molar-refractivity contribution >= 4 is 18.3 Å². The van der Waals surface area contributed by atoms with Crippen LogP contribution in [0.15, 0.2) is 9.98 Å². The minimum atomic E-state index is -0.977. The van der Waals surface area contributed by atoms with Crippen molar-refractivity contribution in [2.24, 2.45) is 15.7 Å². The van der Waals surface area contributed by atoms with E-state index in [2.05, 4.69) is 14.7 Å². The molecule has 2 N–H and O–H groups in total. The van der Waals surface area contributed by atoms with Gasteiger partial charge in [-0.25, -0.2) is 19.4 Å². The molecule has 0 aromatic heterocycles. The smallest absolute Gasteiger partial charge is 0.406 e. The monoisotopic (exact) mass is 227 g/mol. The third kappa shape index (κ3) is 8.62. The maximum Gasteiger partial charge on any atom is 0.406 e. The Bertz CT molecular complexity index is 306. The SMILES string of the molecule is NC(=O)OC(CCCCCN=C=O)N=C=O. The molecule has 0 fully saturated rings. The summed E-state index contributed by atoms with van der Waals surface area (Å²) in [5.74, 6) is 0. The first kappa shape index (κ1) is 14.0. The largest absolute Gasteiger partial charge is 0.423 e. The quantitative estimate of drug-likeness (QED) is 0.372. The van der Waals surface area contributed by atoms with Crippen molar-refractivity contribution in [2.75, 3.05) is 6.54 Å². The topological polar surface area (TPSA) is 111 Å². The minimum Gasteiger partial charge on any atom is -0.423 e. The predicted octanol–water partition coefficient (Wildman–Crippen LogP) is 0.640. The number of amides is 1. The van der Waals surface area contributed by atoms with Crippen LogP contribution in [0.3, 0.4) is 0 Å². The highest BCUT2D eigenvalue weighted by Crippen LogP contribution is 2.07. The molecule has 1 unspecified atom stereocenters. The average molecular weight is 227 g/mol. The first-order valence-electron chi connectivity index (χ1n) is 4.77. The number of rotatable bonds is 8. The second-order valence-corrected chi connectivity index (χ2v) is 2.93. The lowest BCUT2D eigenvalue weighted by atomic mass is 10.2. The van der Waals surface area contributed by atoms with Gasteiger partial charge < -0.3 is 10.5 Å². The van der Waals surface area contributed by atoms with E-state index >= 15 is 0 Å². The van der Waals surface area contributed by atoms with Crippen LogP contribution in [0.4, 0.5) is 4.79 Å². The summed E-state index contributed by atoms with van der Waals surface area (Å²) in [4.78, 5) is 36.8. The van der Waals surface area contributed by atoms with Gasteiger partial charge in [0.1, 0.15) is 0 Å². The molecule has 0 rings (SSSR count). The summed E-state index contributed by atoms with van der Waals surface area (Å²) < 4.78 is 4.54. The third-order valence-electron chi connectivity index (χ3n) is 1.73. The summed E-state index contributed by atoms with van der Waals surface area (Å²) >= 11 is 0. The van der Waals surface area contributed by atoms with Crippen LogP contribution >= 0.6 is 0 Å². The van der Waals surface area contributed by atoms with E-state index in [4.69, 9.17) is 5.73 Å². The van der Waals surface area contributed by atoms with E-state index in [-0.39, 0.29) is 0 Å². The Balaban J connectivity index is 3.71. The van der Waals surface area contributed by atoms with Crippen molar-refractivity contribution in [2.45, 2.75) is 31.9 Å². The van der Waals surface area contributed by atoms with E-state index in [1.54, 1.807) is 0 Å². The molecule has 0 aliphatic heterocycles. The van der Waals surface area contributed by atoms with Crippen molar-refractivity contribution in [3.05, 3.63) is 0 Å². The molecule has 0 aromatic carbocycles. The van der Waals surface area contributed by atoms with Crippen LogP contribution in [-0.4, -0.2) is 31.0 Å². The Labute approximate surface area is 92.4 Å². The van der Waals surface area contributed by atoms with Crippen molar-refractivity contribution in [3.63, 3.8) is 0 Å². The Morgan fingerprint density at radius 1 is 1.25 bits per heavy atom. The van der Waals surface area contributed by atoms with E-state index in [1.165, 1.54) is 12.2 Å². The number of carbonyl (C=O) groups excluding carboxylic acids is 3. The standard InChI is InChI=1S/C9H13N3O4/c10-9(15)16-8(12-7-14)4-2-1-3-5-11-6-13/h8H,1-5H2,(H2,10,15). The van der Waals surface area contributed by atoms with Crippen LogP contribution in [0, 0.1) is 0 Å². The summed E-state index contributed by atoms with van der Waals surface area (Å²) in [6, 6.07) is 0. The molecule has 16 heavy (non-hydrogen) atoms. The molecule has 1 atom stereocenters. The van der Waals surface area contributed by atoms with Gasteiger partial charge in [-0.2, -0.15) is 4.99 Å². The number of unbranched alkanes of at least 4 members (excludes halogenated alkanes) is 2. The van der Waals surface area contributed by atoms with E-state index in [0.29, 0.717) is 19.4 Å². The highest BCUT2D eigenvalue weighted by molar-refractivity contribution is 5.64. The molecule has 0 saturated carbocycles. The molecule has 0 radical (unpaired) electrons.